The summed E-state index contributed by atoms with van der Waals surface area (Å²) in [5.74, 6) is 0.705. The Bertz CT molecular complexity index is 608. The van der Waals surface area contributed by atoms with Crippen LogP contribution in [0, 0.1) is 0 Å². The lowest BCUT2D eigenvalue weighted by molar-refractivity contribution is 0.573. The van der Waals surface area contributed by atoms with Crippen LogP contribution < -0.4 is 5.32 Å². The molecule has 0 aliphatic carbocycles. The van der Waals surface area contributed by atoms with Crippen molar-refractivity contribution in [2.75, 3.05) is 7.05 Å². The first-order valence-electron chi connectivity index (χ1n) is 5.45. The zero-order valence-corrected chi connectivity index (χ0v) is 10.3. The number of fused-ring (bicyclic) bond motifs is 1. The number of hydrogen-bond donors (Lipinski definition) is 1. The summed E-state index contributed by atoms with van der Waals surface area (Å²) >= 11 is 1.71. The molecule has 86 valence electrons. The molecule has 0 atom stereocenters. The van der Waals surface area contributed by atoms with Gasteiger partial charge < -0.3 is 9.73 Å². The molecule has 0 saturated heterocycles. The van der Waals surface area contributed by atoms with E-state index in [1.807, 2.05) is 19.2 Å². The lowest BCUT2D eigenvalue weighted by atomic mass is 10.2. The minimum atomic E-state index is 0.705. The van der Waals surface area contributed by atoms with Crippen molar-refractivity contribution in [3.8, 4) is 10.8 Å². The Kier molecular flexibility index (Phi) is 2.66. The third kappa shape index (κ3) is 1.97. The monoisotopic (exact) mass is 244 g/mol. The molecule has 0 fully saturated rings. The van der Waals surface area contributed by atoms with Gasteiger partial charge in [0, 0.05) is 11.2 Å². The summed E-state index contributed by atoms with van der Waals surface area (Å²) in [5, 5.41) is 4.29. The Morgan fingerprint density at radius 3 is 3.06 bits per heavy atom. The average Bonchev–Trinajstić information content (AvgIpc) is 2.94. The molecule has 0 bridgehead atoms. The summed E-state index contributed by atoms with van der Waals surface area (Å²) in [5.41, 5.74) is 0.931. The second-order valence-electron chi connectivity index (χ2n) is 3.82. The second-order valence-corrected chi connectivity index (χ2v) is 4.91. The van der Waals surface area contributed by atoms with E-state index < -0.39 is 0 Å². The summed E-state index contributed by atoms with van der Waals surface area (Å²) in [6.45, 7) is 0.731. The molecule has 4 heteroatoms. The highest BCUT2D eigenvalue weighted by Gasteiger charge is 2.09. The molecule has 0 radical (unpaired) electrons. The normalized spacial score (nSPS) is 11.1. The van der Waals surface area contributed by atoms with Gasteiger partial charge in [-0.3, -0.25) is 0 Å². The van der Waals surface area contributed by atoms with Crippen molar-refractivity contribution in [2.24, 2.45) is 0 Å². The van der Waals surface area contributed by atoms with Gasteiger partial charge in [-0.2, -0.15) is 0 Å². The van der Waals surface area contributed by atoms with Crippen molar-refractivity contribution in [1.82, 2.24) is 10.3 Å². The van der Waals surface area contributed by atoms with Gasteiger partial charge in [0.1, 0.15) is 6.26 Å². The average molecular weight is 244 g/mol. The van der Waals surface area contributed by atoms with Crippen molar-refractivity contribution in [3.05, 3.63) is 42.3 Å². The molecule has 0 aliphatic rings. The van der Waals surface area contributed by atoms with Crippen LogP contribution in [0.4, 0.5) is 0 Å². The summed E-state index contributed by atoms with van der Waals surface area (Å²) in [6, 6.07) is 10.4. The Morgan fingerprint density at radius 2 is 2.24 bits per heavy atom. The molecule has 1 aromatic carbocycles. The standard InChI is InChI=1S/C13H12N2OS/c1-14-7-10-8-16-13(15-10)12-6-9-4-2-3-5-11(9)17-12/h2-6,8,14H,7H2,1H3. The number of rotatable bonds is 3. The van der Waals surface area contributed by atoms with Gasteiger partial charge in [-0.1, -0.05) is 18.2 Å². The molecule has 1 N–H and O–H groups in total. The van der Waals surface area contributed by atoms with Crippen LogP contribution in [0.25, 0.3) is 20.9 Å². The van der Waals surface area contributed by atoms with Gasteiger partial charge in [0.15, 0.2) is 0 Å². The van der Waals surface area contributed by atoms with Crippen LogP contribution in [0.5, 0.6) is 0 Å². The van der Waals surface area contributed by atoms with E-state index in [-0.39, 0.29) is 0 Å². The molecule has 3 nitrogen and oxygen atoms in total. The molecular weight excluding hydrogens is 232 g/mol. The van der Waals surface area contributed by atoms with Gasteiger partial charge in [0.25, 0.3) is 0 Å². The van der Waals surface area contributed by atoms with E-state index in [4.69, 9.17) is 4.42 Å². The molecule has 0 aliphatic heterocycles. The SMILES string of the molecule is CNCc1coc(-c2cc3ccccc3s2)n1. The van der Waals surface area contributed by atoms with Crippen LogP contribution in [-0.4, -0.2) is 12.0 Å². The van der Waals surface area contributed by atoms with E-state index in [0.717, 1.165) is 17.1 Å². The summed E-state index contributed by atoms with van der Waals surface area (Å²) in [7, 11) is 1.90. The number of nitrogens with one attached hydrogen (secondary N) is 1. The number of aromatic nitrogens is 1. The number of nitrogens with zero attached hydrogens (tertiary/aromatic N) is 1. The van der Waals surface area contributed by atoms with E-state index in [0.29, 0.717) is 5.89 Å². The second kappa shape index (κ2) is 4.31. The first-order valence-corrected chi connectivity index (χ1v) is 6.26. The van der Waals surface area contributed by atoms with Crippen molar-refractivity contribution in [1.29, 1.82) is 0 Å². The number of benzene rings is 1. The molecule has 3 aromatic rings. The minimum Gasteiger partial charge on any atom is -0.444 e. The van der Waals surface area contributed by atoms with Gasteiger partial charge in [0.05, 0.1) is 10.6 Å². The Labute approximate surface area is 103 Å². The van der Waals surface area contributed by atoms with Crippen LogP contribution in [0.2, 0.25) is 0 Å². The first-order chi connectivity index (χ1) is 8.36. The van der Waals surface area contributed by atoms with Crippen molar-refractivity contribution in [2.45, 2.75) is 6.54 Å². The smallest absolute Gasteiger partial charge is 0.236 e. The molecule has 2 aromatic heterocycles. The molecule has 0 unspecified atom stereocenters. The van der Waals surface area contributed by atoms with Gasteiger partial charge in [-0.15, -0.1) is 11.3 Å². The van der Waals surface area contributed by atoms with E-state index >= 15 is 0 Å². The maximum absolute atomic E-state index is 5.49. The Hall–Kier alpha value is -1.65. The van der Waals surface area contributed by atoms with Crippen LogP contribution in [-0.2, 0) is 6.54 Å². The quantitative estimate of drug-likeness (QED) is 0.768. The predicted molar refractivity (Wildman–Crippen MR) is 70.1 cm³/mol. The molecule has 0 saturated carbocycles. The van der Waals surface area contributed by atoms with Crippen LogP contribution >= 0.6 is 11.3 Å². The number of oxazole rings is 1. The van der Waals surface area contributed by atoms with Crippen LogP contribution in [0.15, 0.2) is 41.0 Å². The maximum atomic E-state index is 5.49. The molecule has 3 rings (SSSR count). The van der Waals surface area contributed by atoms with E-state index in [2.05, 4.69) is 28.5 Å². The molecular formula is C13H12N2OS. The zero-order valence-electron chi connectivity index (χ0n) is 9.43. The highest BCUT2D eigenvalue weighted by atomic mass is 32.1. The highest BCUT2D eigenvalue weighted by Crippen LogP contribution is 2.32. The molecule has 17 heavy (non-hydrogen) atoms. The maximum Gasteiger partial charge on any atom is 0.236 e. The summed E-state index contributed by atoms with van der Waals surface area (Å²) in [4.78, 5) is 5.52. The van der Waals surface area contributed by atoms with Gasteiger partial charge >= 0.3 is 0 Å². The zero-order chi connectivity index (χ0) is 11.7. The van der Waals surface area contributed by atoms with Crippen LogP contribution in [0.1, 0.15) is 5.69 Å². The number of hydrogen-bond acceptors (Lipinski definition) is 4. The lowest BCUT2D eigenvalue weighted by Crippen LogP contribution is -2.04. The molecule has 2 heterocycles. The van der Waals surface area contributed by atoms with E-state index in [9.17, 15) is 0 Å². The van der Waals surface area contributed by atoms with Gasteiger partial charge in [0.2, 0.25) is 5.89 Å². The summed E-state index contributed by atoms with van der Waals surface area (Å²) in [6.07, 6.45) is 1.70. The fourth-order valence-corrected chi connectivity index (χ4v) is 2.77. The fourth-order valence-electron chi connectivity index (χ4n) is 1.77. The third-order valence-corrected chi connectivity index (χ3v) is 3.65. The van der Waals surface area contributed by atoms with E-state index in [1.165, 1.54) is 10.1 Å². The summed E-state index contributed by atoms with van der Waals surface area (Å²) < 4.78 is 6.75. The van der Waals surface area contributed by atoms with E-state index in [1.54, 1.807) is 17.6 Å². The van der Waals surface area contributed by atoms with Gasteiger partial charge in [-0.05, 0) is 24.6 Å². The minimum absolute atomic E-state index is 0.705. The lowest BCUT2D eigenvalue weighted by Gasteiger charge is -1.89. The van der Waals surface area contributed by atoms with Crippen LogP contribution in [0.3, 0.4) is 0 Å². The Balaban J connectivity index is 2.01. The predicted octanol–water partition coefficient (Wildman–Crippen LogP) is 3.28. The first kappa shape index (κ1) is 10.5. The highest BCUT2D eigenvalue weighted by molar-refractivity contribution is 7.22. The third-order valence-electron chi connectivity index (χ3n) is 2.55. The van der Waals surface area contributed by atoms with Crippen molar-refractivity contribution >= 4 is 21.4 Å². The number of thiophene rings is 1. The van der Waals surface area contributed by atoms with Gasteiger partial charge in [-0.25, -0.2) is 4.98 Å². The van der Waals surface area contributed by atoms with Crippen molar-refractivity contribution in [3.63, 3.8) is 0 Å². The fraction of sp³-hybridized carbons (Fsp3) is 0.154. The van der Waals surface area contributed by atoms with Crippen molar-refractivity contribution < 1.29 is 4.42 Å². The molecule has 0 amide bonds. The Morgan fingerprint density at radius 1 is 1.35 bits per heavy atom. The largest absolute Gasteiger partial charge is 0.444 e. The topological polar surface area (TPSA) is 38.1 Å². The molecule has 0 spiro atoms.